The summed E-state index contributed by atoms with van der Waals surface area (Å²) in [5, 5.41) is 0. The van der Waals surface area contributed by atoms with Crippen molar-refractivity contribution in [2.45, 2.75) is 19.3 Å². The van der Waals surface area contributed by atoms with Crippen LogP contribution < -0.4 is 4.72 Å². The first-order valence-electron chi connectivity index (χ1n) is 4.65. The van der Waals surface area contributed by atoms with E-state index in [4.69, 9.17) is 11.6 Å². The van der Waals surface area contributed by atoms with Crippen LogP contribution in [0.3, 0.4) is 0 Å². The van der Waals surface area contributed by atoms with Gasteiger partial charge in [-0.15, -0.1) is 11.6 Å². The number of hydrogen-bond acceptors (Lipinski definition) is 2. The number of halogens is 1. The summed E-state index contributed by atoms with van der Waals surface area (Å²) in [5.74, 6) is 0.601. The van der Waals surface area contributed by atoms with Crippen LogP contribution >= 0.6 is 11.6 Å². The molecule has 1 aliphatic rings. The SMILES string of the molecule is CN(C)S(=O)(=O)NCC1(CCCl)CC1. The molecular weight excluding hydrogens is 224 g/mol. The first-order valence-corrected chi connectivity index (χ1v) is 6.62. The highest BCUT2D eigenvalue weighted by Gasteiger charge is 2.42. The predicted octanol–water partition coefficient (Wildman–Crippen LogP) is 0.792. The van der Waals surface area contributed by atoms with Crippen molar-refractivity contribution in [3.63, 3.8) is 0 Å². The lowest BCUT2D eigenvalue weighted by molar-refractivity contribution is 0.455. The average molecular weight is 241 g/mol. The van der Waals surface area contributed by atoms with Crippen molar-refractivity contribution in [2.24, 2.45) is 5.41 Å². The minimum atomic E-state index is -3.27. The van der Waals surface area contributed by atoms with E-state index in [-0.39, 0.29) is 5.41 Å². The Balaban J connectivity index is 2.41. The maximum absolute atomic E-state index is 11.4. The summed E-state index contributed by atoms with van der Waals surface area (Å²) in [4.78, 5) is 0. The quantitative estimate of drug-likeness (QED) is 0.698. The highest BCUT2D eigenvalue weighted by atomic mass is 35.5. The van der Waals surface area contributed by atoms with Crippen LogP contribution in [0.1, 0.15) is 19.3 Å². The molecule has 0 aromatic rings. The second kappa shape index (κ2) is 4.35. The molecule has 0 heterocycles. The summed E-state index contributed by atoms with van der Waals surface area (Å²) >= 11 is 5.65. The van der Waals surface area contributed by atoms with E-state index in [1.165, 1.54) is 18.4 Å². The third kappa shape index (κ3) is 3.08. The van der Waals surface area contributed by atoms with Gasteiger partial charge in [0.25, 0.3) is 10.2 Å². The highest BCUT2D eigenvalue weighted by Crippen LogP contribution is 2.48. The fraction of sp³-hybridized carbons (Fsp3) is 1.00. The Bertz CT molecular complexity index is 286. The van der Waals surface area contributed by atoms with Gasteiger partial charge in [0.1, 0.15) is 0 Å². The monoisotopic (exact) mass is 240 g/mol. The van der Waals surface area contributed by atoms with E-state index in [0.29, 0.717) is 12.4 Å². The minimum absolute atomic E-state index is 0.144. The Hall–Kier alpha value is 0.160. The van der Waals surface area contributed by atoms with E-state index >= 15 is 0 Å². The van der Waals surface area contributed by atoms with Gasteiger partial charge in [-0.05, 0) is 24.7 Å². The molecule has 1 saturated carbocycles. The molecule has 14 heavy (non-hydrogen) atoms. The lowest BCUT2D eigenvalue weighted by Gasteiger charge is -2.17. The van der Waals surface area contributed by atoms with Crippen molar-refractivity contribution in [3.8, 4) is 0 Å². The smallest absolute Gasteiger partial charge is 0.202 e. The highest BCUT2D eigenvalue weighted by molar-refractivity contribution is 7.87. The van der Waals surface area contributed by atoms with Gasteiger partial charge in [0.2, 0.25) is 0 Å². The molecule has 0 aliphatic heterocycles. The molecule has 0 saturated heterocycles. The Morgan fingerprint density at radius 3 is 2.36 bits per heavy atom. The van der Waals surface area contributed by atoms with Crippen molar-refractivity contribution in [1.82, 2.24) is 9.03 Å². The lowest BCUT2D eigenvalue weighted by atomic mass is 10.1. The number of alkyl halides is 1. The number of hydrogen-bond donors (Lipinski definition) is 1. The Morgan fingerprint density at radius 2 is 2.00 bits per heavy atom. The minimum Gasteiger partial charge on any atom is -0.202 e. The van der Waals surface area contributed by atoms with Crippen LogP contribution in [-0.4, -0.2) is 39.2 Å². The third-order valence-electron chi connectivity index (χ3n) is 2.69. The summed E-state index contributed by atoms with van der Waals surface area (Å²) in [6, 6.07) is 0. The third-order valence-corrected chi connectivity index (χ3v) is 4.35. The van der Waals surface area contributed by atoms with Crippen molar-refractivity contribution in [3.05, 3.63) is 0 Å². The van der Waals surface area contributed by atoms with Crippen molar-refractivity contribution in [1.29, 1.82) is 0 Å². The fourth-order valence-corrected chi connectivity index (χ4v) is 2.41. The number of rotatable bonds is 6. The molecule has 0 radical (unpaired) electrons. The van der Waals surface area contributed by atoms with Gasteiger partial charge in [-0.2, -0.15) is 12.7 Å². The number of nitrogens with zero attached hydrogens (tertiary/aromatic N) is 1. The lowest BCUT2D eigenvalue weighted by Crippen LogP contribution is -2.38. The second-order valence-corrected chi connectivity index (χ2v) is 6.39. The number of nitrogens with one attached hydrogen (secondary N) is 1. The first kappa shape index (κ1) is 12.2. The van der Waals surface area contributed by atoms with Gasteiger partial charge in [-0.25, -0.2) is 4.72 Å². The summed E-state index contributed by atoms with van der Waals surface area (Å²) < 4.78 is 26.6. The van der Waals surface area contributed by atoms with Crippen LogP contribution in [0.5, 0.6) is 0 Å². The predicted molar refractivity (Wildman–Crippen MR) is 57.6 cm³/mol. The Morgan fingerprint density at radius 1 is 1.43 bits per heavy atom. The molecule has 1 rings (SSSR count). The van der Waals surface area contributed by atoms with E-state index < -0.39 is 10.2 Å². The van der Waals surface area contributed by atoms with Gasteiger partial charge in [-0.3, -0.25) is 0 Å². The van der Waals surface area contributed by atoms with E-state index in [1.807, 2.05) is 0 Å². The van der Waals surface area contributed by atoms with Gasteiger partial charge < -0.3 is 0 Å². The molecule has 0 amide bonds. The molecule has 1 aliphatic carbocycles. The molecule has 1 fully saturated rings. The van der Waals surface area contributed by atoms with E-state index in [2.05, 4.69) is 4.72 Å². The van der Waals surface area contributed by atoms with E-state index in [0.717, 1.165) is 19.3 Å². The molecule has 4 nitrogen and oxygen atoms in total. The molecule has 84 valence electrons. The summed E-state index contributed by atoms with van der Waals surface area (Å²) in [6.45, 7) is 0.514. The molecule has 0 unspecified atom stereocenters. The molecule has 6 heteroatoms. The molecule has 0 spiro atoms. The van der Waals surface area contributed by atoms with Crippen LogP contribution in [0.25, 0.3) is 0 Å². The average Bonchev–Trinajstić information content (AvgIpc) is 2.83. The molecule has 1 N–H and O–H groups in total. The Kier molecular flexibility index (Phi) is 3.80. The molecule has 0 atom stereocenters. The molecule has 0 aromatic heterocycles. The first-order chi connectivity index (χ1) is 6.42. The van der Waals surface area contributed by atoms with Gasteiger partial charge >= 0.3 is 0 Å². The zero-order chi connectivity index (χ0) is 10.8. The fourth-order valence-electron chi connectivity index (χ4n) is 1.27. The van der Waals surface area contributed by atoms with Crippen LogP contribution in [0.4, 0.5) is 0 Å². The molecule has 0 aromatic carbocycles. The van der Waals surface area contributed by atoms with Crippen LogP contribution in [0, 0.1) is 5.41 Å². The maximum Gasteiger partial charge on any atom is 0.278 e. The summed E-state index contributed by atoms with van der Waals surface area (Å²) in [6.07, 6.45) is 3.05. The molecular formula is C8H17ClN2O2S. The van der Waals surface area contributed by atoms with Gasteiger partial charge in [-0.1, -0.05) is 0 Å². The topological polar surface area (TPSA) is 49.4 Å². The summed E-state index contributed by atoms with van der Waals surface area (Å²) in [7, 11) is -0.235. The normalized spacial score (nSPS) is 20.0. The van der Waals surface area contributed by atoms with Crippen LogP contribution in [-0.2, 0) is 10.2 Å². The second-order valence-electron chi connectivity index (χ2n) is 4.05. The van der Waals surface area contributed by atoms with E-state index in [1.54, 1.807) is 0 Å². The van der Waals surface area contributed by atoms with Gasteiger partial charge in [0.15, 0.2) is 0 Å². The van der Waals surface area contributed by atoms with Crippen molar-refractivity contribution in [2.75, 3.05) is 26.5 Å². The van der Waals surface area contributed by atoms with Gasteiger partial charge in [0.05, 0.1) is 0 Å². The van der Waals surface area contributed by atoms with Crippen molar-refractivity contribution >= 4 is 21.8 Å². The van der Waals surface area contributed by atoms with Crippen LogP contribution in [0.15, 0.2) is 0 Å². The standard InChI is InChI=1S/C8H17ClN2O2S/c1-11(2)14(12,13)10-7-8(3-4-8)5-6-9/h10H,3-7H2,1-2H3. The zero-order valence-electron chi connectivity index (χ0n) is 8.59. The van der Waals surface area contributed by atoms with Crippen molar-refractivity contribution < 1.29 is 8.42 Å². The Labute approximate surface area is 90.8 Å². The molecule has 0 bridgehead atoms. The zero-order valence-corrected chi connectivity index (χ0v) is 10.2. The maximum atomic E-state index is 11.4. The van der Waals surface area contributed by atoms with Crippen LogP contribution in [0.2, 0.25) is 0 Å². The largest absolute Gasteiger partial charge is 0.278 e. The van der Waals surface area contributed by atoms with E-state index in [9.17, 15) is 8.42 Å². The van der Waals surface area contributed by atoms with Gasteiger partial charge in [0, 0.05) is 26.5 Å². The summed E-state index contributed by atoms with van der Waals surface area (Å²) in [5.41, 5.74) is 0.144.